The third-order valence-corrected chi connectivity index (χ3v) is 4.93. The fourth-order valence-corrected chi connectivity index (χ4v) is 3.41. The van der Waals surface area contributed by atoms with Gasteiger partial charge in [0.05, 0.1) is 0 Å². The topological polar surface area (TPSA) is 65.6 Å². The molecule has 3 N–H and O–H groups in total. The monoisotopic (exact) mass is 371 g/mol. The van der Waals surface area contributed by atoms with E-state index in [4.69, 9.17) is 0 Å². The van der Waals surface area contributed by atoms with Crippen molar-refractivity contribution in [2.24, 2.45) is 0 Å². The van der Waals surface area contributed by atoms with E-state index in [1.54, 1.807) is 0 Å². The Morgan fingerprint density at radius 1 is 0.857 bits per heavy atom. The van der Waals surface area contributed by atoms with E-state index < -0.39 is 0 Å². The van der Waals surface area contributed by atoms with Crippen LogP contribution in [0.25, 0.3) is 10.9 Å². The summed E-state index contributed by atoms with van der Waals surface area (Å²) in [4.78, 5) is 12.4. The van der Waals surface area contributed by atoms with Gasteiger partial charge >= 0.3 is 0 Å². The molecule has 2 heterocycles. The lowest BCUT2D eigenvalue weighted by Crippen LogP contribution is -2.09. The molecule has 4 aromatic rings. The van der Waals surface area contributed by atoms with Crippen LogP contribution >= 0.6 is 0 Å². The number of rotatable bonds is 7. The van der Waals surface area contributed by atoms with Gasteiger partial charge in [-0.05, 0) is 43.0 Å². The van der Waals surface area contributed by atoms with E-state index >= 15 is 0 Å². The summed E-state index contributed by atoms with van der Waals surface area (Å²) in [6, 6.07) is 18.7. The number of fused-ring (bicyclic) bond motifs is 1. The van der Waals surface area contributed by atoms with E-state index in [-0.39, 0.29) is 0 Å². The zero-order chi connectivity index (χ0) is 19.3. The van der Waals surface area contributed by atoms with Crippen molar-refractivity contribution in [2.75, 3.05) is 17.2 Å². The third-order valence-electron chi connectivity index (χ3n) is 4.93. The molecule has 0 unspecified atom stereocenters. The van der Waals surface area contributed by atoms with E-state index in [2.05, 4.69) is 87.2 Å². The molecule has 0 radical (unpaired) electrons. The van der Waals surface area contributed by atoms with Gasteiger partial charge in [-0.15, -0.1) is 0 Å². The molecule has 0 aliphatic rings. The van der Waals surface area contributed by atoms with Gasteiger partial charge in [0.1, 0.15) is 17.5 Å². The Hall–Kier alpha value is -3.34. The normalized spacial score (nSPS) is 10.9. The Bertz CT molecular complexity index is 1080. The molecule has 142 valence electrons. The van der Waals surface area contributed by atoms with Gasteiger partial charge in [0.15, 0.2) is 0 Å². The van der Waals surface area contributed by atoms with Crippen LogP contribution in [0.3, 0.4) is 0 Å². The first-order valence-electron chi connectivity index (χ1n) is 9.62. The third kappa shape index (κ3) is 4.14. The maximum absolute atomic E-state index is 4.52. The Labute approximate surface area is 165 Å². The number of nitrogens with one attached hydrogen (secondary N) is 3. The standard InChI is InChI=1S/C23H25N5/c1-16-7-3-4-8-18(16)14-26-23-13-22(27-17(2)28-23)24-12-11-19-15-25-21-10-6-5-9-20(19)21/h3-10,13,15,25H,11-12,14H2,1-2H3,(H2,24,26,27,28). The molecule has 28 heavy (non-hydrogen) atoms. The lowest BCUT2D eigenvalue weighted by molar-refractivity contribution is 0.978. The highest BCUT2D eigenvalue weighted by atomic mass is 15.1. The number of benzene rings is 2. The number of para-hydroxylation sites is 1. The average Bonchev–Trinajstić information content (AvgIpc) is 3.10. The molecule has 5 nitrogen and oxygen atoms in total. The Morgan fingerprint density at radius 3 is 2.46 bits per heavy atom. The van der Waals surface area contributed by atoms with Crippen molar-refractivity contribution < 1.29 is 0 Å². The summed E-state index contributed by atoms with van der Waals surface area (Å²) in [6.07, 6.45) is 3.02. The van der Waals surface area contributed by atoms with Crippen LogP contribution in [0.4, 0.5) is 11.6 Å². The van der Waals surface area contributed by atoms with Gasteiger partial charge in [0, 0.05) is 36.3 Å². The Balaban J connectivity index is 1.39. The number of aromatic amines is 1. The zero-order valence-electron chi connectivity index (χ0n) is 16.3. The summed E-state index contributed by atoms with van der Waals surface area (Å²) in [7, 11) is 0. The predicted molar refractivity (Wildman–Crippen MR) is 116 cm³/mol. The molecule has 5 heteroatoms. The van der Waals surface area contributed by atoms with Crippen molar-refractivity contribution in [3.05, 3.63) is 83.3 Å². The summed E-state index contributed by atoms with van der Waals surface area (Å²) in [5.41, 5.74) is 5.04. The zero-order valence-corrected chi connectivity index (χ0v) is 16.3. The van der Waals surface area contributed by atoms with Gasteiger partial charge in [-0.1, -0.05) is 42.5 Å². The number of aryl methyl sites for hydroxylation is 2. The number of aromatic nitrogens is 3. The van der Waals surface area contributed by atoms with Crippen LogP contribution in [-0.2, 0) is 13.0 Å². The second-order valence-corrected chi connectivity index (χ2v) is 7.00. The minimum atomic E-state index is 0.748. The van der Waals surface area contributed by atoms with Crippen LogP contribution in [0.2, 0.25) is 0 Å². The van der Waals surface area contributed by atoms with Crippen molar-refractivity contribution in [1.82, 2.24) is 15.0 Å². The van der Waals surface area contributed by atoms with E-state index in [1.807, 2.05) is 13.0 Å². The Kier molecular flexibility index (Phi) is 5.24. The van der Waals surface area contributed by atoms with E-state index in [9.17, 15) is 0 Å². The van der Waals surface area contributed by atoms with Gasteiger partial charge in [0.2, 0.25) is 0 Å². The van der Waals surface area contributed by atoms with Gasteiger partial charge in [-0.25, -0.2) is 9.97 Å². The molecule has 0 aliphatic carbocycles. The molecule has 0 aliphatic heterocycles. The molecule has 2 aromatic heterocycles. The minimum Gasteiger partial charge on any atom is -0.370 e. The van der Waals surface area contributed by atoms with Crippen LogP contribution in [0.15, 0.2) is 60.8 Å². The minimum absolute atomic E-state index is 0.748. The van der Waals surface area contributed by atoms with Crippen molar-refractivity contribution in [1.29, 1.82) is 0 Å². The molecular weight excluding hydrogens is 346 g/mol. The highest BCUT2D eigenvalue weighted by molar-refractivity contribution is 5.83. The van der Waals surface area contributed by atoms with Crippen molar-refractivity contribution in [3.8, 4) is 0 Å². The van der Waals surface area contributed by atoms with Gasteiger partial charge in [-0.2, -0.15) is 0 Å². The molecule has 0 saturated carbocycles. The highest BCUT2D eigenvalue weighted by Crippen LogP contribution is 2.19. The SMILES string of the molecule is Cc1nc(NCCc2c[nH]c3ccccc23)cc(NCc2ccccc2C)n1. The molecule has 2 aromatic carbocycles. The summed E-state index contributed by atoms with van der Waals surface area (Å²) >= 11 is 0. The van der Waals surface area contributed by atoms with Gasteiger partial charge in [0.25, 0.3) is 0 Å². The highest BCUT2D eigenvalue weighted by Gasteiger charge is 2.05. The van der Waals surface area contributed by atoms with Crippen LogP contribution < -0.4 is 10.6 Å². The van der Waals surface area contributed by atoms with Crippen LogP contribution in [0.1, 0.15) is 22.5 Å². The van der Waals surface area contributed by atoms with Crippen molar-refractivity contribution in [3.63, 3.8) is 0 Å². The molecule has 0 spiro atoms. The quantitative estimate of drug-likeness (QED) is 0.435. The second-order valence-electron chi connectivity index (χ2n) is 7.00. The van der Waals surface area contributed by atoms with Crippen molar-refractivity contribution in [2.45, 2.75) is 26.8 Å². The number of nitrogens with zero attached hydrogens (tertiary/aromatic N) is 2. The first kappa shape index (κ1) is 18.0. The van der Waals surface area contributed by atoms with Crippen LogP contribution in [0.5, 0.6) is 0 Å². The van der Waals surface area contributed by atoms with Crippen molar-refractivity contribution >= 4 is 22.5 Å². The number of H-pyrrole nitrogens is 1. The second kappa shape index (κ2) is 8.13. The number of hydrogen-bond donors (Lipinski definition) is 3. The molecule has 0 atom stereocenters. The Morgan fingerprint density at radius 2 is 1.61 bits per heavy atom. The summed E-state index contributed by atoms with van der Waals surface area (Å²) in [5, 5.41) is 8.13. The van der Waals surface area contributed by atoms with Crippen LogP contribution in [-0.4, -0.2) is 21.5 Å². The maximum Gasteiger partial charge on any atom is 0.132 e. The number of hydrogen-bond acceptors (Lipinski definition) is 4. The first-order valence-corrected chi connectivity index (χ1v) is 9.62. The first-order chi connectivity index (χ1) is 13.7. The fraction of sp³-hybridized carbons (Fsp3) is 0.217. The lowest BCUT2D eigenvalue weighted by Gasteiger charge is -2.11. The molecular formula is C23H25N5. The predicted octanol–water partition coefficient (Wildman–Crippen LogP) is 4.84. The number of anilines is 2. The molecule has 0 saturated heterocycles. The molecule has 0 bridgehead atoms. The van der Waals surface area contributed by atoms with Gasteiger partial charge < -0.3 is 15.6 Å². The summed E-state index contributed by atoms with van der Waals surface area (Å²) in [6.45, 7) is 5.61. The summed E-state index contributed by atoms with van der Waals surface area (Å²) in [5.74, 6) is 2.44. The summed E-state index contributed by atoms with van der Waals surface area (Å²) < 4.78 is 0. The largest absolute Gasteiger partial charge is 0.370 e. The molecule has 0 fully saturated rings. The lowest BCUT2D eigenvalue weighted by atomic mass is 10.1. The van der Waals surface area contributed by atoms with E-state index in [0.717, 1.165) is 37.0 Å². The van der Waals surface area contributed by atoms with E-state index in [1.165, 1.54) is 27.6 Å². The average molecular weight is 371 g/mol. The van der Waals surface area contributed by atoms with E-state index in [0.29, 0.717) is 0 Å². The molecule has 0 amide bonds. The smallest absolute Gasteiger partial charge is 0.132 e. The fourth-order valence-electron chi connectivity index (χ4n) is 3.41. The van der Waals surface area contributed by atoms with Crippen LogP contribution in [0, 0.1) is 13.8 Å². The molecule has 4 rings (SSSR count). The van der Waals surface area contributed by atoms with Gasteiger partial charge in [-0.3, -0.25) is 0 Å². The maximum atomic E-state index is 4.52.